The summed E-state index contributed by atoms with van der Waals surface area (Å²) >= 11 is 0. The highest BCUT2D eigenvalue weighted by atomic mass is 16.1. The molecule has 0 spiro atoms. The Kier molecular flexibility index (Phi) is 5.34. The first-order valence-corrected chi connectivity index (χ1v) is 6.41. The minimum absolute atomic E-state index is 0.0946. The van der Waals surface area contributed by atoms with Crippen LogP contribution in [0.5, 0.6) is 0 Å². The molecule has 102 valence electrons. The molecule has 0 unspecified atom stereocenters. The second-order valence-corrected chi connectivity index (χ2v) is 4.92. The van der Waals surface area contributed by atoms with E-state index in [0.717, 1.165) is 12.2 Å². The number of carbonyl (C=O) groups is 1. The molecule has 0 saturated carbocycles. The zero-order valence-electron chi connectivity index (χ0n) is 12.0. The molecule has 0 fully saturated rings. The van der Waals surface area contributed by atoms with E-state index in [9.17, 15) is 4.79 Å². The van der Waals surface area contributed by atoms with Crippen LogP contribution < -0.4 is 10.6 Å². The number of hydrogen-bond donors (Lipinski definition) is 2. The molecule has 5 nitrogen and oxygen atoms in total. The van der Waals surface area contributed by atoms with Crippen molar-refractivity contribution in [3.63, 3.8) is 0 Å². The first-order valence-electron chi connectivity index (χ1n) is 6.41. The molecule has 1 rings (SSSR count). The molecule has 0 aliphatic rings. The molecule has 1 aromatic heterocycles. The fourth-order valence-corrected chi connectivity index (χ4v) is 1.88. The molecule has 1 aromatic rings. The van der Waals surface area contributed by atoms with Gasteiger partial charge in [-0.25, -0.2) is 0 Å². The summed E-state index contributed by atoms with van der Waals surface area (Å²) in [6, 6.07) is 0.209. The minimum Gasteiger partial charge on any atom is -0.354 e. The molecule has 0 aliphatic heterocycles. The third-order valence-electron chi connectivity index (χ3n) is 2.94. The van der Waals surface area contributed by atoms with Gasteiger partial charge in [-0.15, -0.1) is 0 Å². The lowest BCUT2D eigenvalue weighted by molar-refractivity contribution is -0.121. The van der Waals surface area contributed by atoms with Crippen molar-refractivity contribution in [3.8, 4) is 0 Å². The summed E-state index contributed by atoms with van der Waals surface area (Å²) in [5, 5.41) is 10.5. The maximum atomic E-state index is 11.4. The number of amides is 1. The fourth-order valence-electron chi connectivity index (χ4n) is 1.88. The van der Waals surface area contributed by atoms with Gasteiger partial charge in [-0.1, -0.05) is 0 Å². The number of carbonyl (C=O) groups excluding carboxylic acids is 1. The van der Waals surface area contributed by atoms with E-state index < -0.39 is 0 Å². The van der Waals surface area contributed by atoms with Crippen LogP contribution in [0.2, 0.25) is 0 Å². The average molecular weight is 252 g/mol. The lowest BCUT2D eigenvalue weighted by Gasteiger charge is -2.09. The Hall–Kier alpha value is -1.36. The van der Waals surface area contributed by atoms with E-state index in [0.29, 0.717) is 13.0 Å². The van der Waals surface area contributed by atoms with Gasteiger partial charge in [0.15, 0.2) is 0 Å². The van der Waals surface area contributed by atoms with Gasteiger partial charge in [-0.2, -0.15) is 5.10 Å². The first kappa shape index (κ1) is 14.7. The van der Waals surface area contributed by atoms with Crippen molar-refractivity contribution in [2.24, 2.45) is 7.05 Å². The number of aromatic nitrogens is 2. The van der Waals surface area contributed by atoms with E-state index in [1.54, 1.807) is 0 Å². The highest BCUT2D eigenvalue weighted by Crippen LogP contribution is 2.10. The first-order chi connectivity index (χ1) is 8.41. The Labute approximate surface area is 109 Å². The molecule has 0 aliphatic carbocycles. The highest BCUT2D eigenvalue weighted by molar-refractivity contribution is 5.76. The summed E-state index contributed by atoms with van der Waals surface area (Å²) in [6.45, 7) is 9.45. The number of nitrogens with zero attached hydrogens (tertiary/aromatic N) is 2. The predicted octanol–water partition coefficient (Wildman–Crippen LogP) is 1.04. The lowest BCUT2D eigenvalue weighted by Crippen LogP contribution is -2.32. The molecule has 5 heteroatoms. The summed E-state index contributed by atoms with van der Waals surface area (Å²) in [5.74, 6) is 0.0946. The third kappa shape index (κ3) is 4.14. The van der Waals surface area contributed by atoms with Crippen LogP contribution in [-0.4, -0.2) is 28.3 Å². The van der Waals surface area contributed by atoms with Gasteiger partial charge in [-0.3, -0.25) is 9.48 Å². The van der Waals surface area contributed by atoms with Crippen LogP contribution in [0.25, 0.3) is 0 Å². The van der Waals surface area contributed by atoms with Crippen LogP contribution in [0.4, 0.5) is 0 Å². The van der Waals surface area contributed by atoms with E-state index >= 15 is 0 Å². The topological polar surface area (TPSA) is 59.0 Å². The molecule has 2 N–H and O–H groups in total. The van der Waals surface area contributed by atoms with Crippen LogP contribution in [0.15, 0.2) is 0 Å². The number of hydrogen-bond acceptors (Lipinski definition) is 3. The second kappa shape index (κ2) is 6.54. The van der Waals surface area contributed by atoms with Gasteiger partial charge >= 0.3 is 0 Å². The van der Waals surface area contributed by atoms with Gasteiger partial charge < -0.3 is 10.6 Å². The van der Waals surface area contributed by atoms with E-state index in [1.807, 2.05) is 32.5 Å². The summed E-state index contributed by atoms with van der Waals surface area (Å²) in [5.41, 5.74) is 3.45. The molecule has 0 radical (unpaired) electrons. The van der Waals surface area contributed by atoms with Crippen molar-refractivity contribution < 1.29 is 4.79 Å². The normalized spacial score (nSPS) is 11.0. The van der Waals surface area contributed by atoms with Crippen molar-refractivity contribution in [1.82, 2.24) is 20.4 Å². The summed E-state index contributed by atoms with van der Waals surface area (Å²) in [7, 11) is 1.95. The van der Waals surface area contributed by atoms with Crippen LogP contribution in [-0.2, 0) is 18.4 Å². The van der Waals surface area contributed by atoms with Crippen LogP contribution in [0, 0.1) is 13.8 Å². The van der Waals surface area contributed by atoms with E-state index in [2.05, 4.69) is 22.7 Å². The number of nitrogens with one attached hydrogen (secondary N) is 2. The summed E-state index contributed by atoms with van der Waals surface area (Å²) in [6.07, 6.45) is 0.510. The number of aryl methyl sites for hydroxylation is 2. The van der Waals surface area contributed by atoms with E-state index in [4.69, 9.17) is 0 Å². The monoisotopic (exact) mass is 252 g/mol. The maximum absolute atomic E-state index is 11.4. The Bertz CT molecular complexity index is 409. The highest BCUT2D eigenvalue weighted by Gasteiger charge is 2.09. The number of rotatable bonds is 6. The molecule has 0 atom stereocenters. The van der Waals surface area contributed by atoms with Crippen molar-refractivity contribution in [1.29, 1.82) is 0 Å². The van der Waals surface area contributed by atoms with Crippen LogP contribution >= 0.6 is 0 Å². The molecule has 1 heterocycles. The third-order valence-corrected chi connectivity index (χ3v) is 2.94. The Balaban J connectivity index is 2.32. The second-order valence-electron chi connectivity index (χ2n) is 4.92. The van der Waals surface area contributed by atoms with E-state index in [1.165, 1.54) is 11.3 Å². The van der Waals surface area contributed by atoms with E-state index in [-0.39, 0.29) is 11.9 Å². The lowest BCUT2D eigenvalue weighted by atomic mass is 10.2. The Morgan fingerprint density at radius 2 is 2.06 bits per heavy atom. The zero-order valence-corrected chi connectivity index (χ0v) is 12.0. The summed E-state index contributed by atoms with van der Waals surface area (Å²) < 4.78 is 1.89. The smallest absolute Gasteiger partial charge is 0.221 e. The molecule has 0 bridgehead atoms. The summed E-state index contributed by atoms with van der Waals surface area (Å²) in [4.78, 5) is 11.4. The molecule has 1 amide bonds. The fraction of sp³-hybridized carbons (Fsp3) is 0.692. The molecule has 0 aromatic carbocycles. The van der Waals surface area contributed by atoms with Crippen molar-refractivity contribution in [2.45, 2.75) is 46.7 Å². The van der Waals surface area contributed by atoms with Gasteiger partial charge in [0.25, 0.3) is 0 Å². The predicted molar refractivity (Wildman–Crippen MR) is 72.3 cm³/mol. The average Bonchev–Trinajstić information content (AvgIpc) is 2.49. The standard InChI is InChI=1S/C13H24N4O/c1-9(2)15-13(18)6-7-14-8-12-10(3)16-17(5)11(12)4/h9,14H,6-8H2,1-5H3,(H,15,18). The van der Waals surface area contributed by atoms with Crippen molar-refractivity contribution in [3.05, 3.63) is 17.0 Å². The molecule has 18 heavy (non-hydrogen) atoms. The maximum Gasteiger partial charge on any atom is 0.221 e. The Morgan fingerprint density at radius 1 is 1.39 bits per heavy atom. The van der Waals surface area contributed by atoms with Crippen molar-refractivity contribution in [2.75, 3.05) is 6.54 Å². The van der Waals surface area contributed by atoms with Gasteiger partial charge in [0, 0.05) is 43.9 Å². The largest absolute Gasteiger partial charge is 0.354 e. The zero-order chi connectivity index (χ0) is 13.7. The van der Waals surface area contributed by atoms with Crippen LogP contribution in [0.3, 0.4) is 0 Å². The molecular weight excluding hydrogens is 228 g/mol. The minimum atomic E-state index is 0.0946. The molecule has 0 saturated heterocycles. The van der Waals surface area contributed by atoms with Gasteiger partial charge in [0.1, 0.15) is 0 Å². The quantitative estimate of drug-likeness (QED) is 0.744. The van der Waals surface area contributed by atoms with Gasteiger partial charge in [-0.05, 0) is 27.7 Å². The van der Waals surface area contributed by atoms with Gasteiger partial charge in [0.2, 0.25) is 5.91 Å². The van der Waals surface area contributed by atoms with Crippen LogP contribution in [0.1, 0.15) is 37.2 Å². The molecular formula is C13H24N4O. The SMILES string of the molecule is Cc1nn(C)c(C)c1CNCCC(=O)NC(C)C. The Morgan fingerprint density at radius 3 is 2.56 bits per heavy atom. The van der Waals surface area contributed by atoms with Gasteiger partial charge in [0.05, 0.1) is 5.69 Å². The van der Waals surface area contributed by atoms with Crippen molar-refractivity contribution >= 4 is 5.91 Å².